The average molecular weight is 215 g/mol. The Labute approximate surface area is 92.8 Å². The van der Waals surface area contributed by atoms with Crippen molar-refractivity contribution in [3.8, 4) is 6.07 Å². The molecule has 0 fully saturated rings. The molecule has 0 aliphatic heterocycles. The Bertz CT molecular complexity index is 508. The highest BCUT2D eigenvalue weighted by atomic mass is 19.1. The summed E-state index contributed by atoms with van der Waals surface area (Å²) in [5.41, 5.74) is 0.979. The normalized spacial score (nSPS) is 10.0. The number of rotatable bonds is 3. The van der Waals surface area contributed by atoms with E-state index in [1.165, 1.54) is 12.1 Å². The molecule has 0 unspecified atom stereocenters. The molecule has 1 heterocycles. The molecule has 0 saturated heterocycles. The van der Waals surface area contributed by atoms with Gasteiger partial charge in [0.1, 0.15) is 18.2 Å². The Balaban J connectivity index is 2.17. The van der Waals surface area contributed by atoms with E-state index >= 15 is 0 Å². The summed E-state index contributed by atoms with van der Waals surface area (Å²) in [6.45, 7) is 0.288. The Morgan fingerprint density at radius 1 is 1.31 bits per heavy atom. The van der Waals surface area contributed by atoms with Crippen LogP contribution in [0.5, 0.6) is 0 Å². The third kappa shape index (κ3) is 2.26. The van der Waals surface area contributed by atoms with Crippen LogP contribution in [-0.2, 0) is 13.0 Å². The van der Waals surface area contributed by atoms with Gasteiger partial charge in [-0.3, -0.25) is 0 Å². The number of imidazole rings is 1. The average Bonchev–Trinajstić information content (AvgIpc) is 2.70. The maximum absolute atomic E-state index is 12.7. The van der Waals surface area contributed by atoms with Crippen LogP contribution in [0.1, 0.15) is 11.4 Å². The van der Waals surface area contributed by atoms with E-state index in [1.807, 2.05) is 0 Å². The number of aromatic nitrogens is 2. The SMILES string of the molecule is N#CCn1ccnc1Cc1ccc(F)cc1. The van der Waals surface area contributed by atoms with Crippen LogP contribution in [-0.4, -0.2) is 9.55 Å². The van der Waals surface area contributed by atoms with Gasteiger partial charge in [0.05, 0.1) is 6.07 Å². The van der Waals surface area contributed by atoms with Gasteiger partial charge in [-0.25, -0.2) is 9.37 Å². The van der Waals surface area contributed by atoms with Crippen LogP contribution in [0.2, 0.25) is 0 Å². The molecule has 1 aromatic heterocycles. The highest BCUT2D eigenvalue weighted by Gasteiger charge is 2.03. The molecule has 0 atom stereocenters. The number of nitrogens with zero attached hydrogens (tertiary/aromatic N) is 3. The Morgan fingerprint density at radius 2 is 2.06 bits per heavy atom. The molecule has 0 spiro atoms. The summed E-state index contributed by atoms with van der Waals surface area (Å²) < 4.78 is 14.5. The van der Waals surface area contributed by atoms with E-state index in [9.17, 15) is 4.39 Å². The zero-order valence-corrected chi connectivity index (χ0v) is 8.60. The number of nitriles is 1. The molecule has 0 radical (unpaired) electrons. The zero-order chi connectivity index (χ0) is 11.4. The minimum Gasteiger partial charge on any atom is -0.321 e. The molecule has 0 aliphatic carbocycles. The van der Waals surface area contributed by atoms with Crippen LogP contribution in [0.15, 0.2) is 36.7 Å². The lowest BCUT2D eigenvalue weighted by Gasteiger charge is -2.03. The summed E-state index contributed by atoms with van der Waals surface area (Å²) in [4.78, 5) is 4.17. The lowest BCUT2D eigenvalue weighted by molar-refractivity contribution is 0.627. The number of hydrogen-bond donors (Lipinski definition) is 0. The van der Waals surface area contributed by atoms with Crippen LogP contribution < -0.4 is 0 Å². The summed E-state index contributed by atoms with van der Waals surface area (Å²) in [6, 6.07) is 8.36. The fraction of sp³-hybridized carbons (Fsp3) is 0.167. The molecule has 4 heteroatoms. The van der Waals surface area contributed by atoms with Crippen molar-refractivity contribution in [1.82, 2.24) is 9.55 Å². The van der Waals surface area contributed by atoms with Crippen LogP contribution in [0.4, 0.5) is 4.39 Å². The predicted molar refractivity (Wildman–Crippen MR) is 57.0 cm³/mol. The van der Waals surface area contributed by atoms with Gasteiger partial charge in [0.25, 0.3) is 0 Å². The molecule has 1 aromatic carbocycles. The first-order chi connectivity index (χ1) is 7.79. The van der Waals surface area contributed by atoms with E-state index in [-0.39, 0.29) is 12.4 Å². The number of halogens is 1. The highest BCUT2D eigenvalue weighted by Crippen LogP contribution is 2.09. The third-order valence-corrected chi connectivity index (χ3v) is 2.32. The smallest absolute Gasteiger partial charge is 0.123 e. The van der Waals surface area contributed by atoms with Crippen molar-refractivity contribution < 1.29 is 4.39 Å². The summed E-state index contributed by atoms with van der Waals surface area (Å²) in [5.74, 6) is 0.567. The molecular weight excluding hydrogens is 205 g/mol. The fourth-order valence-electron chi connectivity index (χ4n) is 1.51. The van der Waals surface area contributed by atoms with Crippen molar-refractivity contribution in [2.75, 3.05) is 0 Å². The summed E-state index contributed by atoms with van der Waals surface area (Å²) in [5, 5.41) is 8.62. The standard InChI is InChI=1S/C12H10FN3/c13-11-3-1-10(2-4-11)9-12-15-6-8-16(12)7-5-14/h1-4,6,8H,7,9H2. The van der Waals surface area contributed by atoms with Gasteiger partial charge in [0.15, 0.2) is 0 Å². The number of hydrogen-bond acceptors (Lipinski definition) is 2. The monoisotopic (exact) mass is 215 g/mol. The minimum atomic E-state index is -0.246. The predicted octanol–water partition coefficient (Wildman–Crippen LogP) is 2.14. The maximum Gasteiger partial charge on any atom is 0.123 e. The molecule has 2 rings (SSSR count). The number of benzene rings is 1. The Morgan fingerprint density at radius 3 is 2.75 bits per heavy atom. The van der Waals surface area contributed by atoms with Crippen LogP contribution in [0.25, 0.3) is 0 Å². The highest BCUT2D eigenvalue weighted by molar-refractivity contribution is 5.20. The second-order valence-electron chi connectivity index (χ2n) is 3.43. The van der Waals surface area contributed by atoms with Crippen molar-refractivity contribution in [1.29, 1.82) is 5.26 Å². The van der Waals surface area contributed by atoms with E-state index in [4.69, 9.17) is 5.26 Å². The molecule has 0 N–H and O–H groups in total. The molecular formula is C12H10FN3. The topological polar surface area (TPSA) is 41.6 Å². The second kappa shape index (κ2) is 4.58. The van der Waals surface area contributed by atoms with Crippen molar-refractivity contribution in [2.45, 2.75) is 13.0 Å². The van der Waals surface area contributed by atoms with Gasteiger partial charge in [-0.1, -0.05) is 12.1 Å². The lowest BCUT2D eigenvalue weighted by atomic mass is 10.1. The first-order valence-electron chi connectivity index (χ1n) is 4.91. The quantitative estimate of drug-likeness (QED) is 0.787. The molecule has 0 aliphatic rings. The summed E-state index contributed by atoms with van der Waals surface area (Å²) in [6.07, 6.45) is 4.03. The largest absolute Gasteiger partial charge is 0.321 e. The van der Waals surface area contributed by atoms with Crippen molar-refractivity contribution in [3.63, 3.8) is 0 Å². The van der Waals surface area contributed by atoms with E-state index in [0.29, 0.717) is 6.42 Å². The molecule has 80 valence electrons. The van der Waals surface area contributed by atoms with Gasteiger partial charge in [-0.15, -0.1) is 0 Å². The summed E-state index contributed by atoms with van der Waals surface area (Å²) >= 11 is 0. The van der Waals surface area contributed by atoms with Crippen molar-refractivity contribution in [3.05, 3.63) is 53.9 Å². The lowest BCUT2D eigenvalue weighted by Crippen LogP contribution is -2.02. The Hall–Kier alpha value is -2.15. The first kappa shape index (κ1) is 10.4. The molecule has 0 amide bonds. The molecule has 0 bridgehead atoms. The Kier molecular flexibility index (Phi) is 2.97. The zero-order valence-electron chi connectivity index (χ0n) is 8.60. The van der Waals surface area contributed by atoms with Crippen molar-refractivity contribution >= 4 is 0 Å². The van der Waals surface area contributed by atoms with Crippen LogP contribution in [0.3, 0.4) is 0 Å². The van der Waals surface area contributed by atoms with Gasteiger partial charge in [0, 0.05) is 18.8 Å². The molecule has 0 saturated carbocycles. The van der Waals surface area contributed by atoms with Gasteiger partial charge in [0.2, 0.25) is 0 Å². The van der Waals surface area contributed by atoms with Gasteiger partial charge in [-0.05, 0) is 17.7 Å². The third-order valence-electron chi connectivity index (χ3n) is 2.32. The van der Waals surface area contributed by atoms with Gasteiger partial charge in [-0.2, -0.15) is 5.26 Å². The van der Waals surface area contributed by atoms with E-state index in [0.717, 1.165) is 11.4 Å². The molecule has 2 aromatic rings. The van der Waals surface area contributed by atoms with E-state index < -0.39 is 0 Å². The van der Waals surface area contributed by atoms with Crippen LogP contribution >= 0.6 is 0 Å². The maximum atomic E-state index is 12.7. The van der Waals surface area contributed by atoms with Crippen LogP contribution in [0, 0.1) is 17.1 Å². The van der Waals surface area contributed by atoms with Gasteiger partial charge >= 0.3 is 0 Å². The minimum absolute atomic E-state index is 0.246. The van der Waals surface area contributed by atoms with Gasteiger partial charge < -0.3 is 4.57 Å². The first-order valence-corrected chi connectivity index (χ1v) is 4.91. The van der Waals surface area contributed by atoms with Crippen molar-refractivity contribution in [2.24, 2.45) is 0 Å². The summed E-state index contributed by atoms with van der Waals surface area (Å²) in [7, 11) is 0. The fourth-order valence-corrected chi connectivity index (χ4v) is 1.51. The molecule has 3 nitrogen and oxygen atoms in total. The van der Waals surface area contributed by atoms with E-state index in [1.54, 1.807) is 29.1 Å². The second-order valence-corrected chi connectivity index (χ2v) is 3.43. The molecule has 16 heavy (non-hydrogen) atoms. The van der Waals surface area contributed by atoms with E-state index in [2.05, 4.69) is 11.1 Å².